The SMILES string of the molecule is NC1=NC(=O)/C(=C/c2cc(Br)ccc2OCc2c(F)cccc2Cl)S1. The Morgan fingerprint density at radius 1 is 1.36 bits per heavy atom. The molecule has 128 valence electrons. The van der Waals surface area contributed by atoms with Crippen molar-refractivity contribution in [3.05, 3.63) is 67.7 Å². The summed E-state index contributed by atoms with van der Waals surface area (Å²) in [5, 5.41) is 0.492. The molecule has 4 nitrogen and oxygen atoms in total. The highest BCUT2D eigenvalue weighted by Crippen LogP contribution is 2.32. The molecule has 0 bridgehead atoms. The zero-order valence-electron chi connectivity index (χ0n) is 12.6. The van der Waals surface area contributed by atoms with Crippen LogP contribution in [0.4, 0.5) is 4.39 Å². The zero-order chi connectivity index (χ0) is 18.0. The van der Waals surface area contributed by atoms with Crippen LogP contribution in [0.15, 0.2) is 50.8 Å². The van der Waals surface area contributed by atoms with Crippen LogP contribution in [0.3, 0.4) is 0 Å². The quantitative estimate of drug-likeness (QED) is 0.696. The number of carbonyl (C=O) groups is 1. The number of halogens is 3. The predicted molar refractivity (Wildman–Crippen MR) is 102 cm³/mol. The fourth-order valence-corrected chi connectivity index (χ4v) is 3.42. The third-order valence-corrected chi connectivity index (χ3v) is 4.99. The molecule has 2 N–H and O–H groups in total. The topological polar surface area (TPSA) is 64.7 Å². The van der Waals surface area contributed by atoms with Crippen molar-refractivity contribution in [2.75, 3.05) is 0 Å². The molecule has 0 atom stereocenters. The molecule has 1 aliphatic rings. The van der Waals surface area contributed by atoms with Gasteiger partial charge in [-0.2, -0.15) is 4.99 Å². The second-order valence-corrected chi connectivity index (χ2v) is 7.42. The van der Waals surface area contributed by atoms with Gasteiger partial charge in [-0.1, -0.05) is 33.6 Å². The minimum Gasteiger partial charge on any atom is -0.488 e. The van der Waals surface area contributed by atoms with Crippen molar-refractivity contribution < 1.29 is 13.9 Å². The number of nitrogens with two attached hydrogens (primary N) is 1. The van der Waals surface area contributed by atoms with E-state index in [0.717, 1.165) is 16.2 Å². The van der Waals surface area contributed by atoms with Gasteiger partial charge in [0.15, 0.2) is 5.17 Å². The van der Waals surface area contributed by atoms with Crippen molar-refractivity contribution in [2.45, 2.75) is 6.61 Å². The van der Waals surface area contributed by atoms with E-state index in [-0.39, 0.29) is 17.3 Å². The molecule has 1 aliphatic heterocycles. The first-order chi connectivity index (χ1) is 11.9. The summed E-state index contributed by atoms with van der Waals surface area (Å²) in [6, 6.07) is 9.75. The number of nitrogens with zero attached hydrogens (tertiary/aromatic N) is 1. The van der Waals surface area contributed by atoms with Gasteiger partial charge in [-0.25, -0.2) is 4.39 Å². The second-order valence-electron chi connectivity index (χ2n) is 5.04. The van der Waals surface area contributed by atoms with Crippen LogP contribution in [0, 0.1) is 5.82 Å². The van der Waals surface area contributed by atoms with Gasteiger partial charge >= 0.3 is 0 Å². The summed E-state index contributed by atoms with van der Waals surface area (Å²) in [6.07, 6.45) is 1.64. The van der Waals surface area contributed by atoms with E-state index in [1.807, 2.05) is 0 Å². The summed E-state index contributed by atoms with van der Waals surface area (Å²) < 4.78 is 20.4. The van der Waals surface area contributed by atoms with Crippen LogP contribution in [0.2, 0.25) is 5.02 Å². The van der Waals surface area contributed by atoms with Gasteiger partial charge in [-0.15, -0.1) is 0 Å². The monoisotopic (exact) mass is 440 g/mol. The molecule has 25 heavy (non-hydrogen) atoms. The van der Waals surface area contributed by atoms with Crippen molar-refractivity contribution in [1.82, 2.24) is 0 Å². The van der Waals surface area contributed by atoms with E-state index >= 15 is 0 Å². The maximum absolute atomic E-state index is 13.9. The van der Waals surface area contributed by atoms with E-state index in [2.05, 4.69) is 20.9 Å². The van der Waals surface area contributed by atoms with E-state index in [9.17, 15) is 9.18 Å². The lowest BCUT2D eigenvalue weighted by Crippen LogP contribution is -2.01. The molecule has 0 aromatic heterocycles. The maximum Gasteiger partial charge on any atom is 0.286 e. The number of aliphatic imine (C=N–C) groups is 1. The molecule has 0 saturated heterocycles. The van der Waals surface area contributed by atoms with Gasteiger partial charge in [0, 0.05) is 15.6 Å². The van der Waals surface area contributed by atoms with Crippen LogP contribution in [0.25, 0.3) is 6.08 Å². The molecular weight excluding hydrogens is 431 g/mol. The van der Waals surface area contributed by atoms with Gasteiger partial charge in [0.25, 0.3) is 5.91 Å². The summed E-state index contributed by atoms with van der Waals surface area (Å²) in [4.78, 5) is 15.8. The largest absolute Gasteiger partial charge is 0.488 e. The first-order valence-electron chi connectivity index (χ1n) is 7.07. The molecule has 0 spiro atoms. The average Bonchev–Trinajstić information content (AvgIpc) is 2.86. The van der Waals surface area contributed by atoms with Crippen molar-refractivity contribution in [3.8, 4) is 5.75 Å². The highest BCUT2D eigenvalue weighted by atomic mass is 79.9. The molecule has 8 heteroatoms. The first kappa shape index (κ1) is 18.0. The van der Waals surface area contributed by atoms with Crippen LogP contribution in [-0.4, -0.2) is 11.1 Å². The van der Waals surface area contributed by atoms with Crippen molar-refractivity contribution >= 4 is 56.4 Å². The van der Waals surface area contributed by atoms with E-state index in [1.54, 1.807) is 30.3 Å². The molecule has 0 unspecified atom stereocenters. The minimum absolute atomic E-state index is 0.0387. The Hall–Kier alpha value is -1.83. The van der Waals surface area contributed by atoms with Gasteiger partial charge < -0.3 is 10.5 Å². The van der Waals surface area contributed by atoms with E-state index < -0.39 is 11.7 Å². The molecular formula is C17H11BrClFN2O2S. The molecule has 0 aliphatic carbocycles. The Bertz CT molecular complexity index is 897. The number of rotatable bonds is 4. The van der Waals surface area contributed by atoms with Crippen LogP contribution in [-0.2, 0) is 11.4 Å². The number of hydrogen-bond donors (Lipinski definition) is 1. The van der Waals surface area contributed by atoms with E-state index in [4.69, 9.17) is 22.1 Å². The Labute approximate surface area is 161 Å². The van der Waals surface area contributed by atoms with Crippen LogP contribution >= 0.6 is 39.3 Å². The van der Waals surface area contributed by atoms with Crippen molar-refractivity contribution in [1.29, 1.82) is 0 Å². The standard InChI is InChI=1S/C17H11BrClFN2O2S/c18-10-4-5-14(24-8-11-12(19)2-1-3-13(11)20)9(6-10)7-15-16(23)22-17(21)25-15/h1-7H,8H2,(H2,21,22,23)/b15-7-. The Morgan fingerprint density at radius 2 is 2.16 bits per heavy atom. The van der Waals surface area contributed by atoms with Crippen molar-refractivity contribution in [3.63, 3.8) is 0 Å². The van der Waals surface area contributed by atoms with Crippen LogP contribution < -0.4 is 10.5 Å². The molecule has 3 rings (SSSR count). The molecule has 0 radical (unpaired) electrons. The van der Waals surface area contributed by atoms with Gasteiger partial charge in [0.2, 0.25) is 0 Å². The Morgan fingerprint density at radius 3 is 2.84 bits per heavy atom. The Balaban J connectivity index is 1.88. The summed E-state index contributed by atoms with van der Waals surface area (Å²) >= 11 is 10.5. The summed E-state index contributed by atoms with van der Waals surface area (Å²) in [6.45, 7) is -0.0387. The van der Waals surface area contributed by atoms with Gasteiger partial charge in [0.05, 0.1) is 9.93 Å². The number of benzene rings is 2. The number of carbonyl (C=O) groups excluding carboxylic acids is 1. The smallest absolute Gasteiger partial charge is 0.286 e. The maximum atomic E-state index is 13.9. The zero-order valence-corrected chi connectivity index (χ0v) is 15.8. The summed E-state index contributed by atoms with van der Waals surface area (Å²) in [5.41, 5.74) is 6.47. The van der Waals surface area contributed by atoms with Crippen LogP contribution in [0.5, 0.6) is 5.75 Å². The first-order valence-corrected chi connectivity index (χ1v) is 9.06. The Kier molecular flexibility index (Phi) is 5.46. The number of thioether (sulfide) groups is 1. The molecule has 2 aromatic carbocycles. The summed E-state index contributed by atoms with van der Waals surface area (Å²) in [5.74, 6) is -0.355. The number of amidine groups is 1. The molecule has 1 amide bonds. The predicted octanol–water partition coefficient (Wildman–Crippen LogP) is 4.75. The van der Waals surface area contributed by atoms with Gasteiger partial charge in [0.1, 0.15) is 18.2 Å². The lowest BCUT2D eigenvalue weighted by atomic mass is 10.1. The molecule has 0 fully saturated rings. The number of hydrogen-bond acceptors (Lipinski definition) is 4. The lowest BCUT2D eigenvalue weighted by molar-refractivity contribution is -0.113. The number of ether oxygens (including phenoxy) is 1. The summed E-state index contributed by atoms with van der Waals surface area (Å²) in [7, 11) is 0. The third-order valence-electron chi connectivity index (χ3n) is 3.33. The normalized spacial score (nSPS) is 15.6. The van der Waals surface area contributed by atoms with Crippen LogP contribution in [0.1, 0.15) is 11.1 Å². The second kappa shape index (κ2) is 7.59. The highest BCUT2D eigenvalue weighted by molar-refractivity contribution is 9.10. The molecule has 1 heterocycles. The van der Waals surface area contributed by atoms with E-state index in [1.165, 1.54) is 12.1 Å². The van der Waals surface area contributed by atoms with Crippen molar-refractivity contribution in [2.24, 2.45) is 10.7 Å². The fraction of sp³-hybridized carbons (Fsp3) is 0.0588. The third kappa shape index (κ3) is 4.23. The lowest BCUT2D eigenvalue weighted by Gasteiger charge is -2.12. The average molecular weight is 442 g/mol. The highest BCUT2D eigenvalue weighted by Gasteiger charge is 2.20. The molecule has 0 saturated carbocycles. The molecule has 2 aromatic rings. The number of amides is 1. The fourth-order valence-electron chi connectivity index (χ4n) is 2.15. The van der Waals surface area contributed by atoms with Gasteiger partial charge in [-0.3, -0.25) is 4.79 Å². The minimum atomic E-state index is -0.438. The van der Waals surface area contributed by atoms with Gasteiger partial charge in [-0.05, 0) is 48.2 Å². The van der Waals surface area contributed by atoms with E-state index in [0.29, 0.717) is 21.2 Å².